The molecule has 30 heavy (non-hydrogen) atoms. The standard InChI is InChI=1S/C23H19N5S2/c1-2-20-21(16-6-4-3-5-7-16)27-22(30-20)19-14-29-23(26-19)25-17-8-10-18(11-9-17)28-13-12-24-15-28/h3-15H,2H2,1H3,(H,25,26). The van der Waals surface area contributed by atoms with Crippen molar-refractivity contribution in [3.8, 4) is 27.6 Å². The average Bonchev–Trinajstić information content (AvgIpc) is 3.55. The second kappa shape index (κ2) is 8.22. The molecule has 148 valence electrons. The number of hydrogen-bond donors (Lipinski definition) is 1. The third kappa shape index (κ3) is 3.77. The zero-order valence-corrected chi connectivity index (χ0v) is 18.0. The van der Waals surface area contributed by atoms with Crippen LogP contribution in [-0.2, 0) is 6.42 Å². The summed E-state index contributed by atoms with van der Waals surface area (Å²) >= 11 is 3.31. The van der Waals surface area contributed by atoms with Crippen LogP contribution in [0.15, 0.2) is 78.7 Å². The largest absolute Gasteiger partial charge is 0.332 e. The average molecular weight is 430 g/mol. The number of imidazole rings is 1. The van der Waals surface area contributed by atoms with Gasteiger partial charge in [-0.05, 0) is 30.7 Å². The Bertz CT molecular complexity index is 1240. The highest BCUT2D eigenvalue weighted by Crippen LogP contribution is 2.35. The Morgan fingerprint density at radius 3 is 2.57 bits per heavy atom. The third-order valence-corrected chi connectivity index (χ3v) is 6.69. The molecule has 7 heteroatoms. The molecule has 0 saturated heterocycles. The molecular weight excluding hydrogens is 410 g/mol. The van der Waals surface area contributed by atoms with E-state index < -0.39 is 0 Å². The summed E-state index contributed by atoms with van der Waals surface area (Å²) in [6, 6.07) is 18.6. The Labute approximate surface area is 182 Å². The van der Waals surface area contributed by atoms with Gasteiger partial charge in [0.2, 0.25) is 0 Å². The molecule has 5 nitrogen and oxygen atoms in total. The fraction of sp³-hybridized carbons (Fsp3) is 0.0870. The molecule has 0 aliphatic carbocycles. The molecule has 0 saturated carbocycles. The highest BCUT2D eigenvalue weighted by Gasteiger charge is 2.15. The number of anilines is 2. The van der Waals surface area contributed by atoms with E-state index in [1.165, 1.54) is 4.88 Å². The SMILES string of the molecule is CCc1sc(-c2csc(Nc3ccc(-n4ccnc4)cc3)n2)nc1-c1ccccc1. The molecule has 0 aliphatic rings. The van der Waals surface area contributed by atoms with E-state index in [-0.39, 0.29) is 0 Å². The van der Waals surface area contributed by atoms with Crippen LogP contribution in [0.25, 0.3) is 27.6 Å². The third-order valence-electron chi connectivity index (χ3n) is 4.71. The lowest BCUT2D eigenvalue weighted by Crippen LogP contribution is -1.92. The number of nitrogens with one attached hydrogen (secondary N) is 1. The lowest BCUT2D eigenvalue weighted by molar-refractivity contribution is 1.06. The molecule has 0 unspecified atom stereocenters. The molecule has 5 aromatic rings. The number of aromatic nitrogens is 4. The van der Waals surface area contributed by atoms with Crippen LogP contribution >= 0.6 is 22.7 Å². The summed E-state index contributed by atoms with van der Waals surface area (Å²) in [7, 11) is 0. The van der Waals surface area contributed by atoms with Gasteiger partial charge in [0.25, 0.3) is 0 Å². The van der Waals surface area contributed by atoms with Gasteiger partial charge < -0.3 is 9.88 Å². The smallest absolute Gasteiger partial charge is 0.187 e. The van der Waals surface area contributed by atoms with Gasteiger partial charge >= 0.3 is 0 Å². The van der Waals surface area contributed by atoms with Crippen molar-refractivity contribution in [1.29, 1.82) is 0 Å². The molecule has 0 fully saturated rings. The molecule has 0 spiro atoms. The predicted octanol–water partition coefficient (Wildman–Crippen LogP) is 6.43. The van der Waals surface area contributed by atoms with Gasteiger partial charge in [0.1, 0.15) is 10.7 Å². The Hall–Kier alpha value is -3.29. The predicted molar refractivity (Wildman–Crippen MR) is 125 cm³/mol. The highest BCUT2D eigenvalue weighted by atomic mass is 32.1. The van der Waals surface area contributed by atoms with E-state index in [0.29, 0.717) is 0 Å². The fourth-order valence-electron chi connectivity index (χ4n) is 3.20. The van der Waals surface area contributed by atoms with Crippen molar-refractivity contribution in [1.82, 2.24) is 19.5 Å². The first-order valence-electron chi connectivity index (χ1n) is 9.66. The summed E-state index contributed by atoms with van der Waals surface area (Å²) in [6.07, 6.45) is 6.45. The van der Waals surface area contributed by atoms with Crippen LogP contribution in [0.5, 0.6) is 0 Å². The van der Waals surface area contributed by atoms with Gasteiger partial charge in [-0.2, -0.15) is 0 Å². The first kappa shape index (κ1) is 18.7. The Kier molecular flexibility index (Phi) is 5.13. The molecule has 0 bridgehead atoms. The molecule has 0 aliphatic heterocycles. The van der Waals surface area contributed by atoms with Crippen LogP contribution < -0.4 is 5.32 Å². The summed E-state index contributed by atoms with van der Waals surface area (Å²) < 4.78 is 1.98. The van der Waals surface area contributed by atoms with Crippen LogP contribution in [0, 0.1) is 0 Å². The van der Waals surface area contributed by atoms with Crippen LogP contribution in [0.4, 0.5) is 10.8 Å². The zero-order valence-electron chi connectivity index (χ0n) is 16.3. The van der Waals surface area contributed by atoms with Gasteiger partial charge in [-0.15, -0.1) is 22.7 Å². The zero-order chi connectivity index (χ0) is 20.3. The highest BCUT2D eigenvalue weighted by molar-refractivity contribution is 7.17. The molecular formula is C23H19N5S2. The maximum atomic E-state index is 4.91. The Morgan fingerprint density at radius 2 is 1.83 bits per heavy atom. The first-order valence-corrected chi connectivity index (χ1v) is 11.4. The second-order valence-electron chi connectivity index (χ2n) is 6.69. The van der Waals surface area contributed by atoms with E-state index in [1.807, 2.05) is 29.0 Å². The van der Waals surface area contributed by atoms with Gasteiger partial charge in [-0.3, -0.25) is 0 Å². The van der Waals surface area contributed by atoms with Crippen LogP contribution in [0.2, 0.25) is 0 Å². The van der Waals surface area contributed by atoms with Crippen LogP contribution in [0.3, 0.4) is 0 Å². The first-order chi connectivity index (χ1) is 14.8. The topological polar surface area (TPSA) is 55.6 Å². The van der Waals surface area contributed by atoms with E-state index in [9.17, 15) is 0 Å². The summed E-state index contributed by atoms with van der Waals surface area (Å²) in [6.45, 7) is 2.17. The summed E-state index contributed by atoms with van der Waals surface area (Å²) in [5.74, 6) is 0. The van der Waals surface area contributed by atoms with Gasteiger partial charge in [-0.25, -0.2) is 15.0 Å². The van der Waals surface area contributed by atoms with Crippen molar-refractivity contribution >= 4 is 33.5 Å². The van der Waals surface area contributed by atoms with Crippen molar-refractivity contribution in [2.75, 3.05) is 5.32 Å². The van der Waals surface area contributed by atoms with Gasteiger partial charge in [0.15, 0.2) is 5.13 Å². The van der Waals surface area contributed by atoms with E-state index >= 15 is 0 Å². The van der Waals surface area contributed by atoms with Crippen molar-refractivity contribution < 1.29 is 0 Å². The number of thiazole rings is 2. The molecule has 2 aromatic carbocycles. The monoisotopic (exact) mass is 429 g/mol. The minimum atomic E-state index is 0.856. The molecule has 0 atom stereocenters. The van der Waals surface area contributed by atoms with Crippen molar-refractivity contribution in [2.45, 2.75) is 13.3 Å². The van der Waals surface area contributed by atoms with E-state index in [2.05, 4.69) is 59.0 Å². The van der Waals surface area contributed by atoms with Crippen molar-refractivity contribution in [2.24, 2.45) is 0 Å². The minimum absolute atomic E-state index is 0.856. The van der Waals surface area contributed by atoms with Gasteiger partial charge in [-0.1, -0.05) is 37.3 Å². The second-order valence-corrected chi connectivity index (χ2v) is 8.63. The fourth-order valence-corrected chi connectivity index (χ4v) is 4.98. The van der Waals surface area contributed by atoms with E-state index in [1.54, 1.807) is 35.2 Å². The summed E-state index contributed by atoms with van der Waals surface area (Å²) in [5, 5.41) is 7.28. The maximum absolute atomic E-state index is 4.91. The molecule has 3 aromatic heterocycles. The Balaban J connectivity index is 1.36. The number of aryl methyl sites for hydroxylation is 1. The molecule has 3 heterocycles. The summed E-state index contributed by atoms with van der Waals surface area (Å²) in [4.78, 5) is 15.1. The molecule has 1 N–H and O–H groups in total. The van der Waals surface area contributed by atoms with Gasteiger partial charge in [0.05, 0.1) is 12.0 Å². The Morgan fingerprint density at radius 1 is 1.00 bits per heavy atom. The number of hydrogen-bond acceptors (Lipinski definition) is 6. The van der Waals surface area contributed by atoms with Gasteiger partial charge in [0, 0.05) is 39.6 Å². The summed E-state index contributed by atoms with van der Waals surface area (Å²) in [5.41, 5.74) is 5.21. The maximum Gasteiger partial charge on any atom is 0.187 e. The number of benzene rings is 2. The lowest BCUT2D eigenvalue weighted by atomic mass is 10.1. The lowest BCUT2D eigenvalue weighted by Gasteiger charge is -2.05. The van der Waals surface area contributed by atoms with Crippen LogP contribution in [0.1, 0.15) is 11.8 Å². The number of nitrogens with zero attached hydrogens (tertiary/aromatic N) is 4. The van der Waals surface area contributed by atoms with Crippen molar-refractivity contribution in [3.05, 3.63) is 83.6 Å². The van der Waals surface area contributed by atoms with Crippen molar-refractivity contribution in [3.63, 3.8) is 0 Å². The molecule has 0 radical (unpaired) electrons. The number of rotatable bonds is 6. The van der Waals surface area contributed by atoms with Crippen LogP contribution in [-0.4, -0.2) is 19.5 Å². The minimum Gasteiger partial charge on any atom is -0.332 e. The molecule has 5 rings (SSSR count). The normalized spacial score (nSPS) is 11.0. The van der Waals surface area contributed by atoms with E-state index in [4.69, 9.17) is 9.97 Å². The molecule has 0 amide bonds. The quantitative estimate of drug-likeness (QED) is 0.338. The van der Waals surface area contributed by atoms with E-state index in [0.717, 1.165) is 44.9 Å².